The Bertz CT molecular complexity index is 952. The van der Waals surface area contributed by atoms with Gasteiger partial charge in [-0.05, 0) is 56.5 Å². The summed E-state index contributed by atoms with van der Waals surface area (Å²) < 4.78 is 11.8. The van der Waals surface area contributed by atoms with Gasteiger partial charge in [-0.2, -0.15) is 0 Å². The van der Waals surface area contributed by atoms with Crippen LogP contribution in [0, 0.1) is 11.8 Å². The molecule has 30 heavy (non-hydrogen) atoms. The van der Waals surface area contributed by atoms with Gasteiger partial charge >= 0.3 is 0 Å². The normalized spacial score (nSPS) is 20.6. The minimum atomic E-state index is -0.224. The van der Waals surface area contributed by atoms with Gasteiger partial charge in [-0.15, -0.1) is 0 Å². The highest BCUT2D eigenvalue weighted by Gasteiger charge is 2.39. The highest BCUT2D eigenvalue weighted by molar-refractivity contribution is 5.96. The molecule has 1 fully saturated rings. The fourth-order valence-electron chi connectivity index (χ4n) is 3.76. The number of benzene rings is 2. The van der Waals surface area contributed by atoms with Crippen molar-refractivity contribution in [2.24, 2.45) is 11.8 Å². The van der Waals surface area contributed by atoms with E-state index in [9.17, 15) is 9.59 Å². The van der Waals surface area contributed by atoms with Gasteiger partial charge in [0.25, 0.3) is 5.91 Å². The molecule has 2 N–H and O–H groups in total. The first-order valence-electron chi connectivity index (χ1n) is 10.5. The number of hydrogen-bond acceptors (Lipinski definition) is 4. The Labute approximate surface area is 177 Å². The Morgan fingerprint density at radius 3 is 2.60 bits per heavy atom. The first-order valence-corrected chi connectivity index (χ1v) is 10.5. The predicted molar refractivity (Wildman–Crippen MR) is 115 cm³/mol. The van der Waals surface area contributed by atoms with Crippen molar-refractivity contribution in [3.8, 4) is 11.5 Å². The van der Waals surface area contributed by atoms with E-state index in [1.54, 1.807) is 24.3 Å². The number of para-hydroxylation sites is 1. The van der Waals surface area contributed by atoms with E-state index < -0.39 is 0 Å². The Kier molecular flexibility index (Phi) is 5.41. The third kappa shape index (κ3) is 4.58. The average Bonchev–Trinajstić information content (AvgIpc) is 3.35. The summed E-state index contributed by atoms with van der Waals surface area (Å²) in [5.74, 6) is 1.96. The third-order valence-electron chi connectivity index (χ3n) is 5.56. The molecule has 1 saturated carbocycles. The quantitative estimate of drug-likeness (QED) is 0.683. The summed E-state index contributed by atoms with van der Waals surface area (Å²) in [5, 5.41) is 5.75. The molecule has 1 heterocycles. The number of hydrogen-bond donors (Lipinski definition) is 2. The van der Waals surface area contributed by atoms with Gasteiger partial charge in [0.05, 0.1) is 6.54 Å². The van der Waals surface area contributed by atoms with Crippen molar-refractivity contribution in [3.05, 3.63) is 53.6 Å². The van der Waals surface area contributed by atoms with E-state index in [1.165, 1.54) is 0 Å². The number of nitrogens with one attached hydrogen (secondary N) is 2. The molecule has 2 aromatic carbocycles. The first kappa shape index (κ1) is 20.3. The fourth-order valence-corrected chi connectivity index (χ4v) is 3.76. The van der Waals surface area contributed by atoms with Gasteiger partial charge < -0.3 is 20.1 Å². The van der Waals surface area contributed by atoms with Crippen molar-refractivity contribution in [1.82, 2.24) is 5.32 Å². The molecule has 158 valence electrons. The summed E-state index contributed by atoms with van der Waals surface area (Å²) in [6, 6.07) is 12.8. The van der Waals surface area contributed by atoms with E-state index in [0.29, 0.717) is 36.1 Å². The van der Waals surface area contributed by atoms with Crippen LogP contribution in [0.5, 0.6) is 11.5 Å². The number of carbonyl (C=O) groups excluding carboxylic acids is 2. The maximum Gasteiger partial charge on any atom is 0.251 e. The van der Waals surface area contributed by atoms with Crippen molar-refractivity contribution in [3.63, 3.8) is 0 Å². The highest BCUT2D eigenvalue weighted by Crippen LogP contribution is 2.41. The molecule has 0 aromatic heterocycles. The Morgan fingerprint density at radius 1 is 1.17 bits per heavy atom. The van der Waals surface area contributed by atoms with Crippen LogP contribution in [0.15, 0.2) is 42.5 Å². The van der Waals surface area contributed by atoms with E-state index in [1.807, 2.05) is 12.1 Å². The van der Waals surface area contributed by atoms with Crippen molar-refractivity contribution in [1.29, 1.82) is 0 Å². The molecule has 0 radical (unpaired) electrons. The molecule has 2 unspecified atom stereocenters. The summed E-state index contributed by atoms with van der Waals surface area (Å²) in [6.07, 6.45) is 1.80. The number of amides is 2. The smallest absolute Gasteiger partial charge is 0.251 e. The van der Waals surface area contributed by atoms with E-state index in [0.717, 1.165) is 24.2 Å². The van der Waals surface area contributed by atoms with Crippen LogP contribution in [-0.2, 0) is 11.2 Å². The lowest BCUT2D eigenvalue weighted by Crippen LogP contribution is -2.28. The van der Waals surface area contributed by atoms with Crippen LogP contribution in [0.25, 0.3) is 0 Å². The number of anilines is 1. The van der Waals surface area contributed by atoms with Gasteiger partial charge in [0.1, 0.15) is 12.2 Å². The zero-order valence-electron chi connectivity index (χ0n) is 17.7. The molecule has 1 aliphatic heterocycles. The molecule has 6 heteroatoms. The Morgan fingerprint density at radius 2 is 1.90 bits per heavy atom. The molecule has 2 aliphatic rings. The lowest BCUT2D eigenvalue weighted by atomic mass is 10.0. The van der Waals surface area contributed by atoms with Gasteiger partial charge in [-0.25, -0.2) is 0 Å². The molecule has 0 spiro atoms. The van der Waals surface area contributed by atoms with Crippen LogP contribution in [0.4, 0.5) is 5.69 Å². The first-order chi connectivity index (χ1) is 14.3. The molecule has 4 rings (SSSR count). The van der Waals surface area contributed by atoms with Crippen molar-refractivity contribution < 1.29 is 19.1 Å². The van der Waals surface area contributed by atoms with Crippen molar-refractivity contribution in [2.45, 2.75) is 39.2 Å². The number of ether oxygens (including phenoxy) is 2. The van der Waals surface area contributed by atoms with Crippen molar-refractivity contribution >= 4 is 17.5 Å². The van der Waals surface area contributed by atoms with Gasteiger partial charge in [0, 0.05) is 29.2 Å². The number of fused-ring (bicyclic) bond motifs is 1. The second kappa shape index (κ2) is 8.01. The Balaban J connectivity index is 1.24. The second-order valence-corrected chi connectivity index (χ2v) is 8.77. The maximum atomic E-state index is 12.3. The maximum absolute atomic E-state index is 12.3. The summed E-state index contributed by atoms with van der Waals surface area (Å²) in [6.45, 7) is 6.91. The minimum Gasteiger partial charge on any atom is -0.488 e. The summed E-state index contributed by atoms with van der Waals surface area (Å²) >= 11 is 0. The molecule has 2 aromatic rings. The molecule has 0 saturated heterocycles. The summed E-state index contributed by atoms with van der Waals surface area (Å²) in [4.78, 5) is 24.3. The monoisotopic (exact) mass is 408 g/mol. The lowest BCUT2D eigenvalue weighted by Gasteiger charge is -2.18. The van der Waals surface area contributed by atoms with Gasteiger partial charge in [0.15, 0.2) is 11.5 Å². The molecular weight excluding hydrogens is 380 g/mol. The standard InChI is InChI=1S/C24H28N2O4/c1-15-13-19(15)23(28)26-18-9-7-16(8-10-18)22(27)25-11-12-29-20-6-4-5-17-14-24(2,3)30-21(17)20/h4-10,15,19H,11-14H2,1-3H3,(H,25,27)(H,26,28). The molecule has 2 atom stereocenters. The van der Waals surface area contributed by atoms with Crippen molar-refractivity contribution in [2.75, 3.05) is 18.5 Å². The van der Waals surface area contributed by atoms with E-state index >= 15 is 0 Å². The van der Waals surface area contributed by atoms with Crippen LogP contribution in [0.3, 0.4) is 0 Å². The third-order valence-corrected chi connectivity index (χ3v) is 5.56. The van der Waals surface area contributed by atoms with E-state index in [2.05, 4.69) is 37.5 Å². The van der Waals surface area contributed by atoms with Gasteiger partial charge in [0.2, 0.25) is 5.91 Å². The van der Waals surface area contributed by atoms with E-state index in [4.69, 9.17) is 9.47 Å². The Hall–Kier alpha value is -3.02. The molecule has 6 nitrogen and oxygen atoms in total. The van der Waals surface area contributed by atoms with Crippen LogP contribution < -0.4 is 20.1 Å². The van der Waals surface area contributed by atoms with E-state index in [-0.39, 0.29) is 23.3 Å². The molecular formula is C24H28N2O4. The predicted octanol–water partition coefficient (Wildman–Crippen LogP) is 3.80. The van der Waals surface area contributed by atoms with Crippen LogP contribution in [-0.4, -0.2) is 30.6 Å². The van der Waals surface area contributed by atoms with Gasteiger partial charge in [-0.3, -0.25) is 9.59 Å². The van der Waals surface area contributed by atoms with Gasteiger partial charge in [-0.1, -0.05) is 19.1 Å². The zero-order valence-corrected chi connectivity index (χ0v) is 17.7. The van der Waals surface area contributed by atoms with Crippen LogP contribution >= 0.6 is 0 Å². The fraction of sp³-hybridized carbons (Fsp3) is 0.417. The second-order valence-electron chi connectivity index (χ2n) is 8.77. The molecule has 0 bridgehead atoms. The largest absolute Gasteiger partial charge is 0.488 e. The SMILES string of the molecule is CC1CC1C(=O)Nc1ccc(C(=O)NCCOc2cccc3c2OC(C)(C)C3)cc1. The molecule has 1 aliphatic carbocycles. The zero-order chi connectivity index (χ0) is 21.3. The van der Waals surface area contributed by atoms with Crippen LogP contribution in [0.2, 0.25) is 0 Å². The summed E-state index contributed by atoms with van der Waals surface area (Å²) in [5.41, 5.74) is 2.17. The summed E-state index contributed by atoms with van der Waals surface area (Å²) in [7, 11) is 0. The molecule has 2 amide bonds. The topological polar surface area (TPSA) is 76.7 Å². The number of rotatable bonds is 7. The minimum absolute atomic E-state index is 0.0524. The lowest BCUT2D eigenvalue weighted by molar-refractivity contribution is -0.117. The average molecular weight is 408 g/mol. The number of carbonyl (C=O) groups is 2. The highest BCUT2D eigenvalue weighted by atomic mass is 16.5. The van der Waals surface area contributed by atoms with Crippen LogP contribution in [0.1, 0.15) is 43.1 Å².